The van der Waals surface area contributed by atoms with Crippen molar-refractivity contribution in [3.63, 3.8) is 0 Å². The van der Waals surface area contributed by atoms with Crippen molar-refractivity contribution < 1.29 is 4.79 Å². The molecule has 0 aliphatic heterocycles. The Hall–Kier alpha value is -3.83. The van der Waals surface area contributed by atoms with Crippen LogP contribution in [0.25, 0.3) is 16.7 Å². The van der Waals surface area contributed by atoms with Gasteiger partial charge in [-0.05, 0) is 43.0 Å². The maximum absolute atomic E-state index is 13.5. The third-order valence-electron chi connectivity index (χ3n) is 6.84. The summed E-state index contributed by atoms with van der Waals surface area (Å²) >= 11 is 2.83. The van der Waals surface area contributed by atoms with Crippen molar-refractivity contribution in [1.29, 1.82) is 5.41 Å². The number of rotatable bonds is 6. The normalized spacial score (nSPS) is 13.9. The average molecular weight is 544 g/mol. The third kappa shape index (κ3) is 4.52. The Morgan fingerprint density at radius 1 is 1.13 bits per heavy atom. The van der Waals surface area contributed by atoms with Crippen molar-refractivity contribution in [1.82, 2.24) is 24.1 Å². The fraction of sp³-hybridized carbons (Fsp3) is 0.259. The van der Waals surface area contributed by atoms with Gasteiger partial charge in [-0.3, -0.25) is 24.7 Å². The quantitative estimate of drug-likeness (QED) is 0.178. The van der Waals surface area contributed by atoms with Gasteiger partial charge in [0.1, 0.15) is 16.8 Å². The van der Waals surface area contributed by atoms with Crippen LogP contribution in [-0.2, 0) is 5.75 Å². The molecule has 0 saturated heterocycles. The molecule has 2 N–H and O–H groups in total. The highest BCUT2D eigenvalue weighted by atomic mass is 32.2. The molecule has 4 aromatic heterocycles. The molecule has 1 saturated carbocycles. The number of benzene rings is 1. The van der Waals surface area contributed by atoms with E-state index >= 15 is 0 Å². The Balaban J connectivity index is 1.37. The first-order chi connectivity index (χ1) is 18.5. The van der Waals surface area contributed by atoms with Gasteiger partial charge in [0.15, 0.2) is 4.34 Å². The first-order valence-corrected chi connectivity index (χ1v) is 14.2. The van der Waals surface area contributed by atoms with Crippen molar-refractivity contribution in [2.45, 2.75) is 48.7 Å². The third-order valence-corrected chi connectivity index (χ3v) is 8.89. The molecule has 0 bridgehead atoms. The standard InChI is InChI=1S/C27H25N7O2S2/c1-16-8-7-13-33-22(16)29-23-20(25(33)36)14-19(21(28)34(23)18-11-5-6-12-18)24(35)30-26-31-32-27(38-26)37-15-17-9-3-2-4-10-17/h2-4,7-10,13-14,18,28H,5-6,11-12,15H2,1H3,(H,30,31,35). The number of carbonyl (C=O) groups is 1. The molecule has 1 aromatic carbocycles. The number of nitrogens with one attached hydrogen (secondary N) is 2. The highest BCUT2D eigenvalue weighted by molar-refractivity contribution is 8.00. The van der Waals surface area contributed by atoms with Gasteiger partial charge in [-0.1, -0.05) is 72.3 Å². The SMILES string of the molecule is Cc1cccn2c(=O)c3cc(C(=O)Nc4nnc(SCc5ccccc5)s4)c(=N)n(C4CCCC4)c3nc12. The van der Waals surface area contributed by atoms with Crippen LogP contribution >= 0.6 is 23.1 Å². The zero-order valence-electron chi connectivity index (χ0n) is 20.7. The molecule has 1 fully saturated rings. The highest BCUT2D eigenvalue weighted by Gasteiger charge is 2.25. The number of nitrogens with zero attached hydrogens (tertiary/aromatic N) is 5. The van der Waals surface area contributed by atoms with Gasteiger partial charge in [0.2, 0.25) is 5.13 Å². The first kappa shape index (κ1) is 24.5. The number of hydrogen-bond acceptors (Lipinski definition) is 8. The summed E-state index contributed by atoms with van der Waals surface area (Å²) < 4.78 is 4.02. The maximum atomic E-state index is 13.5. The number of pyridine rings is 2. The summed E-state index contributed by atoms with van der Waals surface area (Å²) in [5.74, 6) is 0.254. The number of fused-ring (bicyclic) bond motifs is 2. The molecule has 38 heavy (non-hydrogen) atoms. The van der Waals surface area contributed by atoms with E-state index in [9.17, 15) is 9.59 Å². The lowest BCUT2D eigenvalue weighted by atomic mass is 10.1. The molecule has 1 amide bonds. The number of aromatic nitrogens is 5. The molecule has 1 aliphatic rings. The summed E-state index contributed by atoms with van der Waals surface area (Å²) in [6.07, 6.45) is 5.51. The Labute approximate surface area is 226 Å². The lowest BCUT2D eigenvalue weighted by Crippen LogP contribution is -2.33. The molecule has 11 heteroatoms. The smallest absolute Gasteiger partial charge is 0.267 e. The molecule has 0 spiro atoms. The molecule has 0 radical (unpaired) electrons. The van der Waals surface area contributed by atoms with Gasteiger partial charge in [0.25, 0.3) is 11.5 Å². The van der Waals surface area contributed by atoms with Gasteiger partial charge >= 0.3 is 0 Å². The number of anilines is 1. The van der Waals surface area contributed by atoms with E-state index in [0.29, 0.717) is 21.8 Å². The topological polar surface area (TPSA) is 118 Å². The van der Waals surface area contributed by atoms with E-state index in [1.165, 1.54) is 27.4 Å². The van der Waals surface area contributed by atoms with Gasteiger partial charge in [0, 0.05) is 18.0 Å². The van der Waals surface area contributed by atoms with E-state index in [-0.39, 0.29) is 22.7 Å². The van der Waals surface area contributed by atoms with Gasteiger partial charge in [-0.2, -0.15) is 0 Å². The number of amides is 1. The van der Waals surface area contributed by atoms with Crippen LogP contribution in [0.4, 0.5) is 5.13 Å². The van der Waals surface area contributed by atoms with E-state index in [1.807, 2.05) is 43.3 Å². The van der Waals surface area contributed by atoms with Gasteiger partial charge < -0.3 is 4.57 Å². The molecule has 192 valence electrons. The van der Waals surface area contributed by atoms with E-state index in [4.69, 9.17) is 10.4 Å². The Morgan fingerprint density at radius 3 is 2.71 bits per heavy atom. The molecule has 6 rings (SSSR count). The monoisotopic (exact) mass is 543 g/mol. The van der Waals surface area contributed by atoms with Crippen LogP contribution in [0.3, 0.4) is 0 Å². The van der Waals surface area contributed by atoms with E-state index in [0.717, 1.165) is 41.3 Å². The van der Waals surface area contributed by atoms with Crippen LogP contribution in [0.15, 0.2) is 63.9 Å². The predicted octanol–water partition coefficient (Wildman–Crippen LogP) is 4.95. The molecule has 1 aliphatic carbocycles. The fourth-order valence-electron chi connectivity index (χ4n) is 4.95. The maximum Gasteiger partial charge on any atom is 0.267 e. The van der Waals surface area contributed by atoms with E-state index in [1.54, 1.807) is 28.6 Å². The van der Waals surface area contributed by atoms with Gasteiger partial charge in [-0.15, -0.1) is 10.2 Å². The zero-order chi connectivity index (χ0) is 26.2. The molecule has 9 nitrogen and oxygen atoms in total. The van der Waals surface area contributed by atoms with Crippen LogP contribution < -0.4 is 16.4 Å². The Bertz CT molecular complexity index is 1790. The van der Waals surface area contributed by atoms with Crippen LogP contribution in [0.5, 0.6) is 0 Å². The second-order valence-corrected chi connectivity index (χ2v) is 11.6. The lowest BCUT2D eigenvalue weighted by Gasteiger charge is -2.19. The number of hydrogen-bond donors (Lipinski definition) is 2. The molecule has 0 unspecified atom stereocenters. The number of thioether (sulfide) groups is 1. The van der Waals surface area contributed by atoms with Crippen LogP contribution in [0.2, 0.25) is 0 Å². The van der Waals surface area contributed by atoms with Crippen molar-refractivity contribution in [2.24, 2.45) is 0 Å². The summed E-state index contributed by atoms with van der Waals surface area (Å²) in [7, 11) is 0. The summed E-state index contributed by atoms with van der Waals surface area (Å²) in [4.78, 5) is 31.8. The molecular weight excluding hydrogens is 518 g/mol. The number of aryl methyl sites for hydroxylation is 1. The van der Waals surface area contributed by atoms with Gasteiger partial charge in [0.05, 0.1) is 10.9 Å². The highest BCUT2D eigenvalue weighted by Crippen LogP contribution is 2.31. The molecule has 0 atom stereocenters. The lowest BCUT2D eigenvalue weighted by molar-refractivity contribution is 0.102. The van der Waals surface area contributed by atoms with Crippen molar-refractivity contribution in [3.8, 4) is 0 Å². The van der Waals surface area contributed by atoms with Crippen molar-refractivity contribution in [3.05, 3.63) is 87.3 Å². The first-order valence-electron chi connectivity index (χ1n) is 12.4. The van der Waals surface area contributed by atoms with Crippen LogP contribution in [-0.4, -0.2) is 30.1 Å². The van der Waals surface area contributed by atoms with E-state index < -0.39 is 5.91 Å². The predicted molar refractivity (Wildman–Crippen MR) is 149 cm³/mol. The summed E-state index contributed by atoms with van der Waals surface area (Å²) in [6.45, 7) is 1.91. The van der Waals surface area contributed by atoms with Crippen LogP contribution in [0, 0.1) is 12.3 Å². The summed E-state index contributed by atoms with van der Waals surface area (Å²) in [6, 6.07) is 15.3. The minimum absolute atomic E-state index is 0.0126. The second-order valence-electron chi connectivity index (χ2n) is 9.36. The summed E-state index contributed by atoms with van der Waals surface area (Å²) in [5, 5.41) is 20.8. The van der Waals surface area contributed by atoms with Crippen molar-refractivity contribution >= 4 is 50.8 Å². The second kappa shape index (κ2) is 10.1. The molecule has 4 heterocycles. The summed E-state index contributed by atoms with van der Waals surface area (Å²) in [5.41, 5.74) is 2.96. The van der Waals surface area contributed by atoms with Crippen molar-refractivity contribution in [2.75, 3.05) is 5.32 Å². The van der Waals surface area contributed by atoms with Crippen LogP contribution in [0.1, 0.15) is 53.2 Å². The fourth-order valence-corrected chi connectivity index (χ4v) is 6.66. The minimum Gasteiger partial charge on any atom is -0.307 e. The number of carbonyl (C=O) groups excluding carboxylic acids is 1. The Morgan fingerprint density at radius 2 is 1.92 bits per heavy atom. The molecular formula is C27H25N7O2S2. The Kier molecular flexibility index (Phi) is 6.54. The zero-order valence-corrected chi connectivity index (χ0v) is 22.3. The average Bonchev–Trinajstić information content (AvgIpc) is 3.61. The minimum atomic E-state index is -0.492. The van der Waals surface area contributed by atoms with Gasteiger partial charge in [-0.25, -0.2) is 4.98 Å². The molecule has 5 aromatic rings. The van der Waals surface area contributed by atoms with E-state index in [2.05, 4.69) is 15.5 Å². The largest absolute Gasteiger partial charge is 0.307 e.